The SMILES string of the molecule is Cc1nnc(CNC(=NCc2ccccc2F)NCCCN2CCOCC2)n1C. The first-order chi connectivity index (χ1) is 14.1. The fraction of sp³-hybridized carbons (Fsp3) is 0.550. The van der Waals surface area contributed by atoms with Gasteiger partial charge in [-0.2, -0.15) is 0 Å². The van der Waals surface area contributed by atoms with Crippen LogP contribution >= 0.6 is 0 Å². The van der Waals surface area contributed by atoms with Crippen LogP contribution in [-0.4, -0.2) is 65.0 Å². The Hall–Kier alpha value is -2.52. The fourth-order valence-electron chi connectivity index (χ4n) is 3.07. The largest absolute Gasteiger partial charge is 0.379 e. The quantitative estimate of drug-likeness (QED) is 0.392. The summed E-state index contributed by atoms with van der Waals surface area (Å²) < 4.78 is 21.2. The van der Waals surface area contributed by atoms with E-state index in [9.17, 15) is 4.39 Å². The van der Waals surface area contributed by atoms with Crippen molar-refractivity contribution in [3.05, 3.63) is 47.3 Å². The highest BCUT2D eigenvalue weighted by molar-refractivity contribution is 5.79. The molecule has 1 aliphatic heterocycles. The lowest BCUT2D eigenvalue weighted by Gasteiger charge is -2.26. The number of guanidine groups is 1. The molecular formula is C20H30FN7O. The number of rotatable bonds is 8. The molecule has 158 valence electrons. The topological polar surface area (TPSA) is 79.6 Å². The number of aryl methyl sites for hydroxylation is 1. The second-order valence-corrected chi connectivity index (χ2v) is 7.07. The van der Waals surface area contributed by atoms with Crippen molar-refractivity contribution in [2.24, 2.45) is 12.0 Å². The molecule has 2 aromatic rings. The number of hydrogen-bond donors (Lipinski definition) is 2. The molecule has 1 aliphatic rings. The predicted molar refractivity (Wildman–Crippen MR) is 110 cm³/mol. The van der Waals surface area contributed by atoms with Gasteiger partial charge in [0.05, 0.1) is 26.3 Å². The maximum Gasteiger partial charge on any atom is 0.191 e. The van der Waals surface area contributed by atoms with Crippen LogP contribution in [0.4, 0.5) is 4.39 Å². The number of aliphatic imine (C=N–C) groups is 1. The molecule has 0 atom stereocenters. The Balaban J connectivity index is 1.55. The highest BCUT2D eigenvalue weighted by Crippen LogP contribution is 2.07. The van der Waals surface area contributed by atoms with E-state index in [1.54, 1.807) is 12.1 Å². The van der Waals surface area contributed by atoms with E-state index in [-0.39, 0.29) is 12.4 Å². The number of morpholine rings is 1. The summed E-state index contributed by atoms with van der Waals surface area (Å²) in [6, 6.07) is 6.71. The Bertz CT molecular complexity index is 802. The lowest BCUT2D eigenvalue weighted by Crippen LogP contribution is -2.40. The van der Waals surface area contributed by atoms with Crippen LogP contribution in [0, 0.1) is 12.7 Å². The fourth-order valence-corrected chi connectivity index (χ4v) is 3.07. The normalized spacial score (nSPS) is 15.5. The van der Waals surface area contributed by atoms with Gasteiger partial charge in [0, 0.05) is 32.2 Å². The van der Waals surface area contributed by atoms with Gasteiger partial charge in [-0.25, -0.2) is 9.38 Å². The van der Waals surface area contributed by atoms with Crippen molar-refractivity contribution < 1.29 is 9.13 Å². The molecule has 8 nitrogen and oxygen atoms in total. The number of nitrogens with one attached hydrogen (secondary N) is 2. The lowest BCUT2D eigenvalue weighted by atomic mass is 10.2. The Morgan fingerprint density at radius 1 is 1.21 bits per heavy atom. The molecule has 0 aliphatic carbocycles. The van der Waals surface area contributed by atoms with Crippen LogP contribution in [0.3, 0.4) is 0 Å². The summed E-state index contributed by atoms with van der Waals surface area (Å²) in [5.41, 5.74) is 0.566. The van der Waals surface area contributed by atoms with Gasteiger partial charge >= 0.3 is 0 Å². The predicted octanol–water partition coefficient (Wildman–Crippen LogP) is 1.22. The molecule has 0 bridgehead atoms. The molecule has 29 heavy (non-hydrogen) atoms. The van der Waals surface area contributed by atoms with Gasteiger partial charge in [-0.1, -0.05) is 18.2 Å². The Labute approximate surface area is 171 Å². The molecule has 0 unspecified atom stereocenters. The Kier molecular flexibility index (Phi) is 7.94. The van der Waals surface area contributed by atoms with E-state index in [4.69, 9.17) is 4.74 Å². The number of nitrogens with zero attached hydrogens (tertiary/aromatic N) is 5. The first-order valence-corrected chi connectivity index (χ1v) is 10.0. The summed E-state index contributed by atoms with van der Waals surface area (Å²) in [5.74, 6) is 2.06. The van der Waals surface area contributed by atoms with Gasteiger partial charge in [-0.15, -0.1) is 10.2 Å². The summed E-state index contributed by atoms with van der Waals surface area (Å²) in [5, 5.41) is 14.9. The van der Waals surface area contributed by atoms with Gasteiger partial charge in [0.1, 0.15) is 11.6 Å². The molecule has 2 N–H and O–H groups in total. The van der Waals surface area contributed by atoms with Gasteiger partial charge in [0.2, 0.25) is 0 Å². The highest BCUT2D eigenvalue weighted by Gasteiger charge is 2.10. The lowest BCUT2D eigenvalue weighted by molar-refractivity contribution is 0.0376. The standard InChI is InChI=1S/C20H30FN7O/c1-16-25-26-19(27(16)2)15-24-20(23-14-17-6-3-4-7-18(17)21)22-8-5-9-28-10-12-29-13-11-28/h3-4,6-7H,5,8-15H2,1-2H3,(H2,22,23,24). The van der Waals surface area contributed by atoms with Crippen LogP contribution in [0.2, 0.25) is 0 Å². The molecule has 1 aromatic heterocycles. The van der Waals surface area contributed by atoms with E-state index in [1.807, 2.05) is 24.6 Å². The molecule has 3 rings (SSSR count). The average molecular weight is 404 g/mol. The monoisotopic (exact) mass is 403 g/mol. The van der Waals surface area contributed by atoms with Gasteiger partial charge in [-0.05, 0) is 26.0 Å². The molecule has 0 radical (unpaired) electrons. The first-order valence-electron chi connectivity index (χ1n) is 10.0. The first kappa shape index (κ1) is 21.2. The van der Waals surface area contributed by atoms with E-state index in [0.717, 1.165) is 57.5 Å². The van der Waals surface area contributed by atoms with Gasteiger partial charge < -0.3 is 19.9 Å². The van der Waals surface area contributed by atoms with Crippen LogP contribution in [0.25, 0.3) is 0 Å². The van der Waals surface area contributed by atoms with Crippen LogP contribution in [-0.2, 0) is 24.9 Å². The third kappa shape index (κ3) is 6.50. The zero-order valence-corrected chi connectivity index (χ0v) is 17.2. The van der Waals surface area contributed by atoms with E-state index in [1.165, 1.54) is 6.07 Å². The van der Waals surface area contributed by atoms with Crippen LogP contribution in [0.1, 0.15) is 23.6 Å². The van der Waals surface area contributed by atoms with Crippen LogP contribution in [0.15, 0.2) is 29.3 Å². The smallest absolute Gasteiger partial charge is 0.191 e. The summed E-state index contributed by atoms with van der Waals surface area (Å²) >= 11 is 0. The molecule has 0 amide bonds. The number of ether oxygens (including phenoxy) is 1. The molecule has 0 saturated carbocycles. The van der Waals surface area contributed by atoms with Crippen LogP contribution in [0.5, 0.6) is 0 Å². The number of benzene rings is 1. The van der Waals surface area contributed by atoms with Crippen molar-refractivity contribution in [2.75, 3.05) is 39.4 Å². The third-order valence-corrected chi connectivity index (χ3v) is 5.01. The molecule has 1 fully saturated rings. The molecule has 2 heterocycles. The molecule has 1 aromatic carbocycles. The van der Waals surface area contributed by atoms with Crippen LogP contribution < -0.4 is 10.6 Å². The van der Waals surface area contributed by atoms with Crippen molar-refractivity contribution in [1.29, 1.82) is 0 Å². The second-order valence-electron chi connectivity index (χ2n) is 7.07. The number of aromatic nitrogens is 3. The molecule has 1 saturated heterocycles. The Morgan fingerprint density at radius 2 is 2.00 bits per heavy atom. The zero-order valence-electron chi connectivity index (χ0n) is 17.2. The van der Waals surface area contributed by atoms with E-state index in [0.29, 0.717) is 18.1 Å². The van der Waals surface area contributed by atoms with Gasteiger partial charge in [0.25, 0.3) is 0 Å². The summed E-state index contributed by atoms with van der Waals surface area (Å²) in [7, 11) is 1.93. The summed E-state index contributed by atoms with van der Waals surface area (Å²) in [4.78, 5) is 6.95. The molecule has 0 spiro atoms. The maximum atomic E-state index is 13.9. The summed E-state index contributed by atoms with van der Waals surface area (Å²) in [6.45, 7) is 8.04. The van der Waals surface area contributed by atoms with Gasteiger partial charge in [-0.3, -0.25) is 4.90 Å². The van der Waals surface area contributed by atoms with Crippen molar-refractivity contribution >= 4 is 5.96 Å². The van der Waals surface area contributed by atoms with Crippen molar-refractivity contribution in [3.63, 3.8) is 0 Å². The maximum absolute atomic E-state index is 13.9. The van der Waals surface area contributed by atoms with E-state index in [2.05, 4.69) is 30.7 Å². The zero-order chi connectivity index (χ0) is 20.5. The minimum absolute atomic E-state index is 0.244. The van der Waals surface area contributed by atoms with Crippen molar-refractivity contribution in [2.45, 2.75) is 26.4 Å². The minimum Gasteiger partial charge on any atom is -0.379 e. The number of hydrogen-bond acceptors (Lipinski definition) is 5. The average Bonchev–Trinajstić information content (AvgIpc) is 3.06. The molecule has 9 heteroatoms. The van der Waals surface area contributed by atoms with E-state index < -0.39 is 0 Å². The molecular weight excluding hydrogens is 373 g/mol. The van der Waals surface area contributed by atoms with E-state index >= 15 is 0 Å². The summed E-state index contributed by atoms with van der Waals surface area (Å²) in [6.07, 6.45) is 0.990. The highest BCUT2D eigenvalue weighted by atomic mass is 19.1. The number of halogens is 1. The Morgan fingerprint density at radius 3 is 2.72 bits per heavy atom. The van der Waals surface area contributed by atoms with Gasteiger partial charge in [0.15, 0.2) is 11.8 Å². The minimum atomic E-state index is -0.244. The van der Waals surface area contributed by atoms with Crippen molar-refractivity contribution in [3.8, 4) is 0 Å². The van der Waals surface area contributed by atoms with Crippen molar-refractivity contribution in [1.82, 2.24) is 30.3 Å². The second kappa shape index (κ2) is 10.9. The third-order valence-electron chi connectivity index (χ3n) is 5.01.